The number of rotatable bonds is 3. The van der Waals surface area contributed by atoms with Crippen LogP contribution in [-0.4, -0.2) is 61.7 Å². The Morgan fingerprint density at radius 2 is 1.90 bits per heavy atom. The van der Waals surface area contributed by atoms with Crippen molar-refractivity contribution in [2.24, 2.45) is 0 Å². The fraction of sp³-hybridized carbons (Fsp3) is 0.636. The van der Waals surface area contributed by atoms with Gasteiger partial charge in [-0.1, -0.05) is 0 Å². The van der Waals surface area contributed by atoms with Crippen molar-refractivity contribution < 1.29 is 8.42 Å². The molecule has 0 fully saturated rings. The van der Waals surface area contributed by atoms with E-state index in [4.69, 9.17) is 0 Å². The van der Waals surface area contributed by atoms with E-state index in [9.17, 15) is 13.2 Å². The third-order valence-electron chi connectivity index (χ3n) is 3.24. The van der Waals surface area contributed by atoms with Crippen LogP contribution in [0.25, 0.3) is 0 Å². The van der Waals surface area contributed by atoms with Gasteiger partial charge >= 0.3 is 0 Å². The van der Waals surface area contributed by atoms with Crippen LogP contribution in [0.2, 0.25) is 0 Å². The summed E-state index contributed by atoms with van der Waals surface area (Å²) in [6.07, 6.45) is 0.373. The van der Waals surface area contributed by atoms with Gasteiger partial charge in [-0.2, -0.15) is 17.0 Å². The van der Waals surface area contributed by atoms with E-state index in [2.05, 4.69) is 9.97 Å². The second-order valence-corrected chi connectivity index (χ2v) is 7.23. The maximum atomic E-state index is 12.1. The third kappa shape index (κ3) is 2.56. The topological polar surface area (TPSA) is 89.6 Å². The molecular weight excluding hydrogens is 282 g/mol. The lowest BCUT2D eigenvalue weighted by Crippen LogP contribution is -2.44. The quantitative estimate of drug-likeness (QED) is 0.773. The van der Waals surface area contributed by atoms with Gasteiger partial charge < -0.3 is 4.90 Å². The summed E-state index contributed by atoms with van der Waals surface area (Å²) in [5, 5.41) is 0. The first-order valence-corrected chi connectivity index (χ1v) is 7.60. The molecule has 0 aliphatic carbocycles. The Bertz CT molecular complexity index is 665. The van der Waals surface area contributed by atoms with Gasteiger partial charge in [-0.25, -0.2) is 4.98 Å². The van der Waals surface area contributed by atoms with E-state index in [-0.39, 0.29) is 12.1 Å². The standard InChI is InChI=1S/C11H19N5O3S/c1-14(2)11-12-9-7-16(20(18,19)15(3)4)6-5-8(9)10(17)13-11/h5-7H2,1-4H3,(H,12,13,17). The molecule has 0 bridgehead atoms. The molecule has 1 N–H and O–H groups in total. The molecule has 1 aromatic rings. The number of aromatic amines is 1. The lowest BCUT2D eigenvalue weighted by Gasteiger charge is -2.29. The third-order valence-corrected chi connectivity index (χ3v) is 5.12. The lowest BCUT2D eigenvalue weighted by atomic mass is 10.1. The van der Waals surface area contributed by atoms with Crippen molar-refractivity contribution in [2.45, 2.75) is 13.0 Å². The zero-order valence-corrected chi connectivity index (χ0v) is 12.9. The van der Waals surface area contributed by atoms with E-state index in [0.29, 0.717) is 30.2 Å². The molecule has 2 heterocycles. The Morgan fingerprint density at radius 3 is 2.45 bits per heavy atom. The van der Waals surface area contributed by atoms with Gasteiger partial charge in [0.15, 0.2) is 0 Å². The van der Waals surface area contributed by atoms with Crippen LogP contribution in [0.15, 0.2) is 4.79 Å². The van der Waals surface area contributed by atoms with E-state index in [1.54, 1.807) is 19.0 Å². The predicted molar refractivity (Wildman–Crippen MR) is 75.9 cm³/mol. The summed E-state index contributed by atoms with van der Waals surface area (Å²) in [5.41, 5.74) is 0.899. The van der Waals surface area contributed by atoms with Gasteiger partial charge in [-0.3, -0.25) is 9.78 Å². The van der Waals surface area contributed by atoms with Crippen LogP contribution in [-0.2, 0) is 23.2 Å². The Kier molecular flexibility index (Phi) is 3.85. The molecule has 1 aromatic heterocycles. The van der Waals surface area contributed by atoms with Crippen LogP contribution in [0.5, 0.6) is 0 Å². The molecule has 2 rings (SSSR count). The van der Waals surface area contributed by atoms with Gasteiger partial charge in [0.1, 0.15) is 0 Å². The zero-order chi connectivity index (χ0) is 15.1. The van der Waals surface area contributed by atoms with Crippen molar-refractivity contribution >= 4 is 16.2 Å². The van der Waals surface area contributed by atoms with E-state index in [1.807, 2.05) is 0 Å². The van der Waals surface area contributed by atoms with Crippen LogP contribution in [0.3, 0.4) is 0 Å². The van der Waals surface area contributed by atoms with E-state index in [0.717, 1.165) is 4.31 Å². The Hall–Kier alpha value is -1.45. The van der Waals surface area contributed by atoms with E-state index < -0.39 is 10.2 Å². The Morgan fingerprint density at radius 1 is 1.25 bits per heavy atom. The fourth-order valence-corrected chi connectivity index (χ4v) is 3.11. The van der Waals surface area contributed by atoms with E-state index >= 15 is 0 Å². The molecule has 20 heavy (non-hydrogen) atoms. The number of aromatic nitrogens is 2. The van der Waals surface area contributed by atoms with Gasteiger partial charge in [0.05, 0.1) is 12.2 Å². The van der Waals surface area contributed by atoms with Crippen LogP contribution < -0.4 is 10.5 Å². The second-order valence-electron chi connectivity index (χ2n) is 5.08. The summed E-state index contributed by atoms with van der Waals surface area (Å²) in [5.74, 6) is 0.429. The minimum atomic E-state index is -3.49. The van der Waals surface area contributed by atoms with Gasteiger partial charge in [0.2, 0.25) is 5.95 Å². The molecule has 8 nitrogen and oxygen atoms in total. The smallest absolute Gasteiger partial charge is 0.281 e. The van der Waals surface area contributed by atoms with Gasteiger partial charge in [0, 0.05) is 40.3 Å². The molecule has 0 saturated heterocycles. The Labute approximate surface area is 118 Å². The first kappa shape index (κ1) is 14.9. The molecule has 1 aliphatic heterocycles. The SMILES string of the molecule is CN(C)c1nc2c(c(=O)[nH]1)CCN(S(=O)(=O)N(C)C)C2. The average molecular weight is 301 g/mol. The van der Waals surface area contributed by atoms with Crippen molar-refractivity contribution in [3.8, 4) is 0 Å². The maximum Gasteiger partial charge on any atom is 0.281 e. The number of nitrogens with one attached hydrogen (secondary N) is 1. The molecule has 0 amide bonds. The first-order chi connectivity index (χ1) is 9.23. The summed E-state index contributed by atoms with van der Waals surface area (Å²) in [6, 6.07) is 0. The number of fused-ring (bicyclic) bond motifs is 1. The highest BCUT2D eigenvalue weighted by Gasteiger charge is 2.30. The number of nitrogens with zero attached hydrogens (tertiary/aromatic N) is 4. The zero-order valence-electron chi connectivity index (χ0n) is 12.0. The Balaban J connectivity index is 2.41. The van der Waals surface area contributed by atoms with Crippen molar-refractivity contribution in [3.63, 3.8) is 0 Å². The van der Waals surface area contributed by atoms with Crippen molar-refractivity contribution in [1.29, 1.82) is 0 Å². The van der Waals surface area contributed by atoms with Crippen LogP contribution in [0.4, 0.5) is 5.95 Å². The minimum absolute atomic E-state index is 0.126. The van der Waals surface area contributed by atoms with Gasteiger partial charge in [-0.15, -0.1) is 0 Å². The molecule has 0 spiro atoms. The highest BCUT2D eigenvalue weighted by molar-refractivity contribution is 7.86. The van der Waals surface area contributed by atoms with Crippen molar-refractivity contribution in [3.05, 3.63) is 21.6 Å². The van der Waals surface area contributed by atoms with E-state index in [1.165, 1.54) is 18.4 Å². The molecular formula is C11H19N5O3S. The lowest BCUT2D eigenvalue weighted by molar-refractivity contribution is 0.353. The largest absolute Gasteiger partial charge is 0.348 e. The molecule has 0 unspecified atom stereocenters. The van der Waals surface area contributed by atoms with Crippen LogP contribution >= 0.6 is 0 Å². The normalized spacial score (nSPS) is 16.2. The van der Waals surface area contributed by atoms with Crippen molar-refractivity contribution in [2.75, 3.05) is 39.6 Å². The predicted octanol–water partition coefficient (Wildman–Crippen LogP) is -1.000. The summed E-state index contributed by atoms with van der Waals surface area (Å²) in [6.45, 7) is 0.417. The van der Waals surface area contributed by atoms with Crippen LogP contribution in [0, 0.1) is 0 Å². The van der Waals surface area contributed by atoms with Gasteiger partial charge in [-0.05, 0) is 6.42 Å². The highest BCUT2D eigenvalue weighted by atomic mass is 32.2. The molecule has 0 aromatic carbocycles. The molecule has 112 valence electrons. The number of H-pyrrole nitrogens is 1. The minimum Gasteiger partial charge on any atom is -0.348 e. The van der Waals surface area contributed by atoms with Gasteiger partial charge in [0.25, 0.3) is 15.8 Å². The summed E-state index contributed by atoms with van der Waals surface area (Å²) < 4.78 is 26.8. The van der Waals surface area contributed by atoms with Crippen LogP contribution in [0.1, 0.15) is 11.3 Å². The summed E-state index contributed by atoms with van der Waals surface area (Å²) in [7, 11) is 3.02. The number of hydrogen-bond donors (Lipinski definition) is 1. The first-order valence-electron chi connectivity index (χ1n) is 6.20. The molecule has 1 aliphatic rings. The van der Waals surface area contributed by atoms with Crippen molar-refractivity contribution in [1.82, 2.24) is 18.6 Å². The molecule has 0 radical (unpaired) electrons. The fourth-order valence-electron chi connectivity index (χ4n) is 2.04. The monoisotopic (exact) mass is 301 g/mol. The molecule has 9 heteroatoms. The second kappa shape index (κ2) is 5.15. The summed E-state index contributed by atoms with van der Waals surface area (Å²) >= 11 is 0. The maximum absolute atomic E-state index is 12.1. The molecule has 0 atom stereocenters. The highest BCUT2D eigenvalue weighted by Crippen LogP contribution is 2.19. The average Bonchev–Trinajstić information content (AvgIpc) is 2.37. The number of hydrogen-bond acceptors (Lipinski definition) is 5. The summed E-state index contributed by atoms with van der Waals surface area (Å²) in [4.78, 5) is 20.7. The molecule has 0 saturated carbocycles. The number of anilines is 1.